The third kappa shape index (κ3) is 3.20. The smallest absolute Gasteiger partial charge is 0.118 e. The van der Waals surface area contributed by atoms with Crippen LogP contribution >= 0.6 is 27.5 Å². The molecule has 0 amide bonds. The minimum absolute atomic E-state index is 0.650. The van der Waals surface area contributed by atoms with Gasteiger partial charge in [0.1, 0.15) is 10.4 Å². The molecule has 0 bridgehead atoms. The molecule has 0 aliphatic rings. The van der Waals surface area contributed by atoms with E-state index in [1.807, 2.05) is 30.3 Å². The molecule has 88 valence electrons. The summed E-state index contributed by atoms with van der Waals surface area (Å²) >= 11 is 9.35. The Hall–Kier alpha value is -1.06. The summed E-state index contributed by atoms with van der Waals surface area (Å²) in [7, 11) is 1.66. The number of pyridine rings is 1. The van der Waals surface area contributed by atoms with Crippen LogP contribution in [0, 0.1) is 0 Å². The first-order chi connectivity index (χ1) is 8.19. The first kappa shape index (κ1) is 12.4. The molecule has 0 N–H and O–H groups in total. The van der Waals surface area contributed by atoms with Crippen LogP contribution in [0.1, 0.15) is 11.1 Å². The van der Waals surface area contributed by atoms with Crippen molar-refractivity contribution in [3.63, 3.8) is 0 Å². The highest BCUT2D eigenvalue weighted by atomic mass is 79.9. The van der Waals surface area contributed by atoms with Gasteiger partial charge in [0.05, 0.1) is 12.1 Å². The fourth-order valence-corrected chi connectivity index (χ4v) is 2.09. The molecule has 0 aliphatic heterocycles. The number of methoxy groups -OCH3 is 1. The standard InChI is InChI=1S/C13H11BrClNO/c1-17-12-4-2-9(3-5-12)6-10-7-11(15)8-16-13(10)14/h2-5,7-8H,6H2,1H3. The summed E-state index contributed by atoms with van der Waals surface area (Å²) in [4.78, 5) is 4.17. The molecule has 1 heterocycles. The zero-order chi connectivity index (χ0) is 12.3. The molecule has 1 aromatic heterocycles. The maximum absolute atomic E-state index is 5.93. The Morgan fingerprint density at radius 1 is 1.29 bits per heavy atom. The quantitative estimate of drug-likeness (QED) is 0.796. The van der Waals surface area contributed by atoms with E-state index >= 15 is 0 Å². The van der Waals surface area contributed by atoms with E-state index in [-0.39, 0.29) is 0 Å². The van der Waals surface area contributed by atoms with Gasteiger partial charge in [0, 0.05) is 12.6 Å². The lowest BCUT2D eigenvalue weighted by molar-refractivity contribution is 0.414. The summed E-state index contributed by atoms with van der Waals surface area (Å²) < 4.78 is 5.95. The molecular weight excluding hydrogens is 302 g/mol. The number of halogens is 2. The third-order valence-corrected chi connectivity index (χ3v) is 3.35. The molecule has 2 rings (SSSR count). The highest BCUT2D eigenvalue weighted by Crippen LogP contribution is 2.22. The van der Waals surface area contributed by atoms with Crippen molar-refractivity contribution in [2.75, 3.05) is 7.11 Å². The van der Waals surface area contributed by atoms with E-state index in [2.05, 4.69) is 20.9 Å². The number of nitrogens with zero attached hydrogens (tertiary/aromatic N) is 1. The predicted octanol–water partition coefficient (Wildman–Crippen LogP) is 4.10. The second-order valence-electron chi connectivity index (χ2n) is 3.63. The SMILES string of the molecule is COc1ccc(Cc2cc(Cl)cnc2Br)cc1. The number of aromatic nitrogens is 1. The Balaban J connectivity index is 2.22. The van der Waals surface area contributed by atoms with Gasteiger partial charge in [0.15, 0.2) is 0 Å². The number of rotatable bonds is 3. The topological polar surface area (TPSA) is 22.1 Å². The van der Waals surface area contributed by atoms with Crippen molar-refractivity contribution in [2.45, 2.75) is 6.42 Å². The van der Waals surface area contributed by atoms with Crippen LogP contribution in [0.3, 0.4) is 0 Å². The monoisotopic (exact) mass is 311 g/mol. The van der Waals surface area contributed by atoms with Gasteiger partial charge in [-0.2, -0.15) is 0 Å². The Morgan fingerprint density at radius 2 is 2.00 bits per heavy atom. The van der Waals surface area contributed by atoms with Crippen LogP contribution in [0.4, 0.5) is 0 Å². The number of hydrogen-bond acceptors (Lipinski definition) is 2. The normalized spacial score (nSPS) is 10.3. The molecule has 2 nitrogen and oxygen atoms in total. The molecular formula is C13H11BrClNO. The summed E-state index contributed by atoms with van der Waals surface area (Å²) in [5, 5.41) is 0.650. The lowest BCUT2D eigenvalue weighted by Crippen LogP contribution is -1.92. The molecule has 2 aromatic rings. The lowest BCUT2D eigenvalue weighted by atomic mass is 10.1. The van der Waals surface area contributed by atoms with E-state index in [0.717, 1.165) is 22.3 Å². The molecule has 0 saturated heterocycles. The van der Waals surface area contributed by atoms with Gasteiger partial charge < -0.3 is 4.74 Å². The van der Waals surface area contributed by atoms with Crippen molar-refractivity contribution in [1.29, 1.82) is 0 Å². The molecule has 0 unspecified atom stereocenters. The highest BCUT2D eigenvalue weighted by Gasteiger charge is 2.04. The van der Waals surface area contributed by atoms with Crippen molar-refractivity contribution in [3.05, 3.63) is 57.3 Å². The Kier molecular flexibility index (Phi) is 4.02. The zero-order valence-corrected chi connectivity index (χ0v) is 11.6. The van der Waals surface area contributed by atoms with E-state index in [0.29, 0.717) is 5.02 Å². The summed E-state index contributed by atoms with van der Waals surface area (Å²) in [5.74, 6) is 0.858. The molecule has 0 radical (unpaired) electrons. The predicted molar refractivity (Wildman–Crippen MR) is 72.7 cm³/mol. The highest BCUT2D eigenvalue weighted by molar-refractivity contribution is 9.10. The van der Waals surface area contributed by atoms with Crippen LogP contribution in [0.15, 0.2) is 41.1 Å². The number of hydrogen-bond donors (Lipinski definition) is 0. The molecule has 0 saturated carbocycles. The van der Waals surface area contributed by atoms with Crippen LogP contribution in [0.25, 0.3) is 0 Å². The van der Waals surface area contributed by atoms with E-state index in [1.54, 1.807) is 13.3 Å². The molecule has 0 atom stereocenters. The van der Waals surface area contributed by atoms with Gasteiger partial charge in [-0.15, -0.1) is 0 Å². The molecule has 4 heteroatoms. The van der Waals surface area contributed by atoms with Crippen molar-refractivity contribution in [2.24, 2.45) is 0 Å². The van der Waals surface area contributed by atoms with Crippen LogP contribution in [0.5, 0.6) is 5.75 Å². The van der Waals surface area contributed by atoms with Crippen LogP contribution in [0.2, 0.25) is 5.02 Å². The van der Waals surface area contributed by atoms with Crippen molar-refractivity contribution in [3.8, 4) is 5.75 Å². The first-order valence-electron chi connectivity index (χ1n) is 5.12. The van der Waals surface area contributed by atoms with Gasteiger partial charge in [-0.3, -0.25) is 0 Å². The molecule has 17 heavy (non-hydrogen) atoms. The Morgan fingerprint density at radius 3 is 2.65 bits per heavy atom. The van der Waals surface area contributed by atoms with Crippen LogP contribution in [-0.4, -0.2) is 12.1 Å². The van der Waals surface area contributed by atoms with Gasteiger partial charge >= 0.3 is 0 Å². The maximum atomic E-state index is 5.93. The van der Waals surface area contributed by atoms with E-state index in [1.165, 1.54) is 5.56 Å². The van der Waals surface area contributed by atoms with Crippen molar-refractivity contribution in [1.82, 2.24) is 4.98 Å². The summed E-state index contributed by atoms with van der Waals surface area (Å²) in [6, 6.07) is 9.88. The van der Waals surface area contributed by atoms with Crippen LogP contribution in [-0.2, 0) is 6.42 Å². The molecule has 0 aliphatic carbocycles. The number of ether oxygens (including phenoxy) is 1. The largest absolute Gasteiger partial charge is 0.497 e. The second kappa shape index (κ2) is 5.52. The molecule has 0 fully saturated rings. The first-order valence-corrected chi connectivity index (χ1v) is 6.29. The molecule has 1 aromatic carbocycles. The zero-order valence-electron chi connectivity index (χ0n) is 9.28. The molecule has 0 spiro atoms. The second-order valence-corrected chi connectivity index (χ2v) is 4.82. The summed E-state index contributed by atoms with van der Waals surface area (Å²) in [6.07, 6.45) is 2.42. The van der Waals surface area contributed by atoms with Gasteiger partial charge in [-0.05, 0) is 45.3 Å². The average molecular weight is 313 g/mol. The van der Waals surface area contributed by atoms with Gasteiger partial charge in [0.2, 0.25) is 0 Å². The van der Waals surface area contributed by atoms with E-state index in [4.69, 9.17) is 16.3 Å². The van der Waals surface area contributed by atoms with Crippen molar-refractivity contribution >= 4 is 27.5 Å². The summed E-state index contributed by atoms with van der Waals surface area (Å²) in [5.41, 5.74) is 2.26. The number of benzene rings is 1. The fourth-order valence-electron chi connectivity index (χ4n) is 1.55. The lowest BCUT2D eigenvalue weighted by Gasteiger charge is -2.05. The van der Waals surface area contributed by atoms with E-state index < -0.39 is 0 Å². The third-order valence-electron chi connectivity index (χ3n) is 2.43. The minimum atomic E-state index is 0.650. The van der Waals surface area contributed by atoms with Gasteiger partial charge in [0.25, 0.3) is 0 Å². The van der Waals surface area contributed by atoms with Gasteiger partial charge in [-0.1, -0.05) is 23.7 Å². The summed E-state index contributed by atoms with van der Waals surface area (Å²) in [6.45, 7) is 0. The fraction of sp³-hybridized carbons (Fsp3) is 0.154. The van der Waals surface area contributed by atoms with Crippen LogP contribution < -0.4 is 4.74 Å². The van der Waals surface area contributed by atoms with Crippen molar-refractivity contribution < 1.29 is 4.74 Å². The Bertz CT molecular complexity index is 513. The maximum Gasteiger partial charge on any atom is 0.118 e. The van der Waals surface area contributed by atoms with E-state index in [9.17, 15) is 0 Å². The average Bonchev–Trinajstić information content (AvgIpc) is 2.35. The Labute approximate surface area is 114 Å². The minimum Gasteiger partial charge on any atom is -0.497 e. The van der Waals surface area contributed by atoms with Gasteiger partial charge in [-0.25, -0.2) is 4.98 Å².